The predicted octanol–water partition coefficient (Wildman–Crippen LogP) is 2.03. The molecule has 4 rings (SSSR count). The Labute approximate surface area is 145 Å². The Morgan fingerprint density at radius 2 is 1.42 bits per heavy atom. The number of fused-ring (bicyclic) bond motifs is 2. The van der Waals surface area contributed by atoms with Gasteiger partial charge >= 0.3 is 11.9 Å². The Balaban J connectivity index is 1.95. The van der Waals surface area contributed by atoms with Crippen LogP contribution in [0.4, 0.5) is 0 Å². The molecule has 0 fully saturated rings. The van der Waals surface area contributed by atoms with Crippen molar-refractivity contribution in [1.29, 1.82) is 0 Å². The van der Waals surface area contributed by atoms with Gasteiger partial charge in [-0.2, -0.15) is 0 Å². The van der Waals surface area contributed by atoms with Gasteiger partial charge in [-0.15, -0.1) is 0 Å². The monoisotopic (exact) mass is 354 g/mol. The molecule has 3 aromatic rings. The molecular weight excluding hydrogens is 344 g/mol. The van der Waals surface area contributed by atoms with Gasteiger partial charge in [0, 0.05) is 0 Å². The van der Waals surface area contributed by atoms with E-state index in [4.69, 9.17) is 9.47 Å². The highest BCUT2D eigenvalue weighted by Crippen LogP contribution is 2.37. The number of aromatic nitrogens is 2. The number of aliphatic carboxylic acids is 2. The SMILES string of the molecule is O=C(O)C(=C(C(=O)O)c1ccc2nonc2c1)c1ccc2c(c1)OCO2. The van der Waals surface area contributed by atoms with E-state index in [-0.39, 0.29) is 29.1 Å². The number of carboxylic acids is 2. The molecule has 2 heterocycles. The van der Waals surface area contributed by atoms with Gasteiger partial charge in [-0.3, -0.25) is 0 Å². The molecule has 0 spiro atoms. The third-order valence-electron chi connectivity index (χ3n) is 3.88. The summed E-state index contributed by atoms with van der Waals surface area (Å²) >= 11 is 0. The number of hydrogen-bond acceptors (Lipinski definition) is 7. The molecule has 0 saturated heterocycles. The predicted molar refractivity (Wildman–Crippen MR) is 86.5 cm³/mol. The molecular formula is C17H10N2O7. The quantitative estimate of drug-likeness (QED) is 0.533. The number of benzene rings is 2. The Morgan fingerprint density at radius 3 is 2.15 bits per heavy atom. The van der Waals surface area contributed by atoms with E-state index < -0.39 is 11.9 Å². The molecule has 0 radical (unpaired) electrons. The number of nitrogens with zero attached hydrogens (tertiary/aromatic N) is 2. The van der Waals surface area contributed by atoms with Crippen molar-refractivity contribution in [1.82, 2.24) is 10.3 Å². The van der Waals surface area contributed by atoms with E-state index in [2.05, 4.69) is 14.9 Å². The molecule has 2 aromatic carbocycles. The lowest BCUT2D eigenvalue weighted by Gasteiger charge is -2.10. The topological polar surface area (TPSA) is 132 Å². The summed E-state index contributed by atoms with van der Waals surface area (Å²) in [6.45, 7) is 0.0204. The minimum atomic E-state index is -1.39. The lowest BCUT2D eigenvalue weighted by atomic mass is 9.94. The number of carboxylic acid groups (broad SMARTS) is 2. The summed E-state index contributed by atoms with van der Waals surface area (Å²) in [4.78, 5) is 23.8. The highest BCUT2D eigenvalue weighted by molar-refractivity contribution is 6.36. The van der Waals surface area contributed by atoms with E-state index >= 15 is 0 Å². The summed E-state index contributed by atoms with van der Waals surface area (Å²) < 4.78 is 15.0. The van der Waals surface area contributed by atoms with Gasteiger partial charge in [0.05, 0.1) is 11.1 Å². The van der Waals surface area contributed by atoms with Crippen LogP contribution in [0.15, 0.2) is 41.0 Å². The van der Waals surface area contributed by atoms with Crippen LogP contribution in [0.2, 0.25) is 0 Å². The Bertz CT molecular complexity index is 1080. The maximum Gasteiger partial charge on any atom is 0.337 e. The van der Waals surface area contributed by atoms with Crippen LogP contribution in [0.1, 0.15) is 11.1 Å². The molecule has 0 aliphatic carbocycles. The van der Waals surface area contributed by atoms with Crippen molar-refractivity contribution in [2.75, 3.05) is 6.79 Å². The third kappa shape index (κ3) is 2.51. The molecule has 1 aromatic heterocycles. The first kappa shape index (κ1) is 15.6. The smallest absolute Gasteiger partial charge is 0.337 e. The van der Waals surface area contributed by atoms with Gasteiger partial charge in [0.15, 0.2) is 11.5 Å². The second kappa shape index (κ2) is 5.88. The van der Waals surface area contributed by atoms with Crippen LogP contribution >= 0.6 is 0 Å². The zero-order valence-electron chi connectivity index (χ0n) is 13.0. The van der Waals surface area contributed by atoms with Crippen molar-refractivity contribution in [3.05, 3.63) is 47.5 Å². The van der Waals surface area contributed by atoms with Gasteiger partial charge in [0.2, 0.25) is 6.79 Å². The Morgan fingerprint density at radius 1 is 0.808 bits per heavy atom. The summed E-state index contributed by atoms with van der Waals surface area (Å²) in [5.74, 6) is -1.97. The first-order valence-electron chi connectivity index (χ1n) is 7.38. The van der Waals surface area contributed by atoms with E-state index in [0.29, 0.717) is 22.5 Å². The van der Waals surface area contributed by atoms with Gasteiger partial charge < -0.3 is 19.7 Å². The molecule has 26 heavy (non-hydrogen) atoms. The lowest BCUT2D eigenvalue weighted by molar-refractivity contribution is -0.132. The fourth-order valence-electron chi connectivity index (χ4n) is 2.74. The average molecular weight is 354 g/mol. The molecule has 1 aliphatic heterocycles. The van der Waals surface area contributed by atoms with Crippen LogP contribution in [0.25, 0.3) is 22.2 Å². The highest BCUT2D eigenvalue weighted by Gasteiger charge is 2.26. The van der Waals surface area contributed by atoms with Crippen LogP contribution in [-0.2, 0) is 9.59 Å². The van der Waals surface area contributed by atoms with Crippen molar-refractivity contribution < 1.29 is 33.9 Å². The number of carbonyl (C=O) groups is 2. The first-order chi connectivity index (χ1) is 12.5. The van der Waals surface area contributed by atoms with Crippen molar-refractivity contribution in [3.8, 4) is 11.5 Å². The molecule has 0 unspecified atom stereocenters. The molecule has 2 N–H and O–H groups in total. The van der Waals surface area contributed by atoms with Gasteiger partial charge in [-0.25, -0.2) is 14.2 Å². The minimum Gasteiger partial charge on any atom is -0.478 e. The van der Waals surface area contributed by atoms with Gasteiger partial charge in [-0.05, 0) is 45.7 Å². The number of ether oxygens (including phenoxy) is 2. The summed E-state index contributed by atoms with van der Waals surface area (Å²) in [7, 11) is 0. The number of rotatable bonds is 4. The minimum absolute atomic E-state index is 0.0204. The van der Waals surface area contributed by atoms with Crippen molar-refractivity contribution in [3.63, 3.8) is 0 Å². The molecule has 0 bridgehead atoms. The summed E-state index contributed by atoms with van der Waals surface area (Å²) in [5.41, 5.74) is 0.316. The van der Waals surface area contributed by atoms with Crippen molar-refractivity contribution >= 4 is 34.1 Å². The maximum absolute atomic E-state index is 11.9. The normalized spacial score (nSPS) is 13.5. The number of hydrogen-bond donors (Lipinski definition) is 2. The highest BCUT2D eigenvalue weighted by atomic mass is 16.7. The largest absolute Gasteiger partial charge is 0.478 e. The van der Waals surface area contributed by atoms with Crippen molar-refractivity contribution in [2.24, 2.45) is 0 Å². The van der Waals surface area contributed by atoms with Crippen molar-refractivity contribution in [2.45, 2.75) is 0 Å². The van der Waals surface area contributed by atoms with E-state index in [1.54, 1.807) is 0 Å². The molecule has 1 aliphatic rings. The van der Waals surface area contributed by atoms with E-state index in [1.807, 2.05) is 0 Å². The zero-order valence-corrected chi connectivity index (χ0v) is 13.0. The van der Waals surface area contributed by atoms with Crippen LogP contribution in [0.3, 0.4) is 0 Å². The molecule has 0 amide bonds. The molecule has 130 valence electrons. The first-order valence-corrected chi connectivity index (χ1v) is 7.38. The maximum atomic E-state index is 11.9. The van der Waals surface area contributed by atoms with E-state index in [9.17, 15) is 19.8 Å². The second-order valence-electron chi connectivity index (χ2n) is 5.40. The average Bonchev–Trinajstić information content (AvgIpc) is 3.26. The summed E-state index contributed by atoms with van der Waals surface area (Å²) in [6, 6.07) is 8.80. The van der Waals surface area contributed by atoms with Crippen LogP contribution < -0.4 is 9.47 Å². The Kier molecular flexibility index (Phi) is 3.54. The fourth-order valence-corrected chi connectivity index (χ4v) is 2.74. The van der Waals surface area contributed by atoms with Gasteiger partial charge in [0.25, 0.3) is 0 Å². The zero-order chi connectivity index (χ0) is 18.3. The summed E-state index contributed by atoms with van der Waals surface area (Å²) in [5, 5.41) is 26.7. The van der Waals surface area contributed by atoms with Gasteiger partial charge in [0.1, 0.15) is 11.0 Å². The lowest BCUT2D eigenvalue weighted by Crippen LogP contribution is -2.10. The second-order valence-corrected chi connectivity index (χ2v) is 5.40. The Hall–Kier alpha value is -3.88. The van der Waals surface area contributed by atoms with E-state index in [1.165, 1.54) is 36.4 Å². The van der Waals surface area contributed by atoms with Gasteiger partial charge in [-0.1, -0.05) is 12.1 Å². The molecule has 9 nitrogen and oxygen atoms in total. The standard InChI is InChI=1S/C17H10N2O7/c20-16(21)14(8-1-3-10-11(5-8)19-26-18-10)15(17(22)23)9-2-4-12-13(6-9)25-7-24-12/h1-6H,7H2,(H,20,21)(H,22,23). The fraction of sp³-hybridized carbons (Fsp3) is 0.0588. The van der Waals surface area contributed by atoms with Crippen LogP contribution in [0.5, 0.6) is 11.5 Å². The van der Waals surface area contributed by atoms with E-state index in [0.717, 1.165) is 0 Å². The molecule has 0 atom stereocenters. The summed E-state index contributed by atoms with van der Waals surface area (Å²) in [6.07, 6.45) is 0. The third-order valence-corrected chi connectivity index (χ3v) is 3.88. The van der Waals surface area contributed by atoms with Crippen LogP contribution in [-0.4, -0.2) is 39.3 Å². The molecule has 9 heteroatoms. The molecule has 0 saturated carbocycles. The van der Waals surface area contributed by atoms with Crippen LogP contribution in [0, 0.1) is 0 Å².